The van der Waals surface area contributed by atoms with Crippen molar-refractivity contribution in [3.63, 3.8) is 0 Å². The third-order valence-electron chi connectivity index (χ3n) is 6.37. The molecule has 0 radical (unpaired) electrons. The monoisotopic (exact) mass is 494 g/mol. The van der Waals surface area contributed by atoms with Crippen molar-refractivity contribution in [2.24, 2.45) is 0 Å². The molecule has 0 aromatic rings. The van der Waals surface area contributed by atoms with Crippen molar-refractivity contribution in [1.29, 1.82) is 0 Å². The quantitative estimate of drug-likeness (QED) is 0.234. The summed E-state index contributed by atoms with van der Waals surface area (Å²) in [6, 6.07) is 9.16. The van der Waals surface area contributed by atoms with Crippen LogP contribution in [0.2, 0.25) is 36.3 Å². The first-order chi connectivity index (χ1) is 13.5. The molecule has 0 saturated heterocycles. The lowest BCUT2D eigenvalue weighted by Crippen LogP contribution is -2.71. The Morgan fingerprint density at radius 2 is 0.679 bits per heavy atom. The van der Waals surface area contributed by atoms with Gasteiger partial charge in [-0.25, -0.2) is 0 Å². The largest absolute Gasteiger partial charge is 0.339 e. The number of hydrogen-bond acceptors (Lipinski definition) is 4. The molecule has 4 nitrogen and oxygen atoms in total. The second-order valence-electron chi connectivity index (χ2n) is 7.92. The first kappa shape index (κ1) is 29.1. The van der Waals surface area contributed by atoms with Crippen LogP contribution in [0.1, 0.15) is 41.5 Å². The van der Waals surface area contributed by atoms with E-state index in [0.29, 0.717) is 0 Å². The van der Waals surface area contributed by atoms with Crippen LogP contribution in [0.25, 0.3) is 0 Å². The van der Waals surface area contributed by atoms with Gasteiger partial charge in [0.1, 0.15) is 0 Å². The predicted molar refractivity (Wildman–Crippen MR) is 151 cm³/mol. The topological polar surface area (TPSA) is 13.0 Å². The molecule has 3 unspecified atom stereocenters. The molecule has 10 heteroatoms. The fourth-order valence-corrected chi connectivity index (χ4v) is 27.6. The molecule has 0 aromatic carbocycles. The van der Waals surface area contributed by atoms with Gasteiger partial charge in [0, 0.05) is 30.7 Å². The number of nitrogens with zero attached hydrogens (tertiary/aromatic N) is 4. The first-order valence-electron chi connectivity index (χ1n) is 12.5. The molecule has 0 aromatic heterocycles. The van der Waals surface area contributed by atoms with Crippen molar-refractivity contribution in [1.82, 2.24) is 17.6 Å². The molecule has 0 bridgehead atoms. The van der Waals surface area contributed by atoms with Crippen molar-refractivity contribution in [3.8, 4) is 0 Å². The van der Waals surface area contributed by atoms with Gasteiger partial charge >= 0.3 is 0 Å². The normalized spacial score (nSPS) is 16.1. The zero-order valence-electron chi connectivity index (χ0n) is 21.0. The van der Waals surface area contributed by atoms with E-state index in [1.807, 2.05) is 0 Å². The highest BCUT2D eigenvalue weighted by molar-refractivity contribution is 6.84. The Balaban J connectivity index is 6.38. The van der Waals surface area contributed by atoms with Crippen LogP contribution in [0.15, 0.2) is 0 Å². The molecule has 0 aliphatic heterocycles. The molecule has 0 fully saturated rings. The standard InChI is InChI=1S/C18H54N4Si6/c1-7-19(8-2)26(16-13-23)22(27(17-14-24)20(9-3)10-4)28(18-15-25)21(11-5)12-6/h26-28H,7-18H2,1-6,23-25H3. The van der Waals surface area contributed by atoms with E-state index in [9.17, 15) is 0 Å². The van der Waals surface area contributed by atoms with Crippen LogP contribution < -0.4 is 0 Å². The van der Waals surface area contributed by atoms with E-state index in [4.69, 9.17) is 0 Å². The summed E-state index contributed by atoms with van der Waals surface area (Å²) in [5.41, 5.74) is 0. The summed E-state index contributed by atoms with van der Waals surface area (Å²) in [5, 5.41) is 0. The van der Waals surface area contributed by atoms with Crippen molar-refractivity contribution in [2.45, 2.75) is 77.8 Å². The maximum Gasteiger partial charge on any atom is 0.177 e. The third kappa shape index (κ3) is 8.71. The molecular formula is C18H54N4Si6. The maximum atomic E-state index is 3.43. The van der Waals surface area contributed by atoms with Crippen LogP contribution in [-0.2, 0) is 0 Å². The average Bonchev–Trinajstić information content (AvgIpc) is 2.71. The molecular weight excluding hydrogens is 441 g/mol. The lowest BCUT2D eigenvalue weighted by molar-refractivity contribution is 0.404. The van der Waals surface area contributed by atoms with Crippen LogP contribution >= 0.6 is 0 Å². The Labute approximate surface area is 192 Å². The Morgan fingerprint density at radius 1 is 0.464 bits per heavy atom. The van der Waals surface area contributed by atoms with Gasteiger partial charge in [-0.15, -0.1) is 0 Å². The highest BCUT2D eigenvalue weighted by Gasteiger charge is 2.40. The van der Waals surface area contributed by atoms with Crippen LogP contribution in [0.4, 0.5) is 0 Å². The zero-order valence-corrected chi connectivity index (χ0v) is 30.5. The van der Waals surface area contributed by atoms with Crippen LogP contribution in [0.5, 0.6) is 0 Å². The molecule has 0 rings (SSSR count). The van der Waals surface area contributed by atoms with E-state index in [2.05, 4.69) is 59.1 Å². The van der Waals surface area contributed by atoms with Gasteiger partial charge in [0.25, 0.3) is 0 Å². The molecule has 0 heterocycles. The van der Waals surface area contributed by atoms with Crippen molar-refractivity contribution in [3.05, 3.63) is 0 Å². The molecule has 0 saturated carbocycles. The van der Waals surface area contributed by atoms with Crippen LogP contribution in [-0.4, -0.2) is 115 Å². The predicted octanol–water partition coefficient (Wildman–Crippen LogP) is -0.674. The van der Waals surface area contributed by atoms with E-state index in [1.54, 1.807) is 18.1 Å². The summed E-state index contributed by atoms with van der Waals surface area (Å²) in [5.74, 6) is 0. The molecule has 0 amide bonds. The van der Waals surface area contributed by atoms with Crippen LogP contribution in [0.3, 0.4) is 0 Å². The van der Waals surface area contributed by atoms with Crippen molar-refractivity contribution in [2.75, 3.05) is 39.3 Å². The molecule has 0 spiro atoms. The Kier molecular flexibility index (Phi) is 18.5. The Bertz CT molecular complexity index is 305. The Morgan fingerprint density at radius 3 is 0.821 bits per heavy atom. The molecule has 3 atom stereocenters. The minimum Gasteiger partial charge on any atom is -0.339 e. The lowest BCUT2D eigenvalue weighted by Gasteiger charge is -2.51. The van der Waals surface area contributed by atoms with Gasteiger partial charge in [-0.2, -0.15) is 0 Å². The van der Waals surface area contributed by atoms with Gasteiger partial charge in [-0.3, -0.25) is 0 Å². The minimum absolute atomic E-state index is 1.04. The fourth-order valence-electron chi connectivity index (χ4n) is 4.87. The van der Waals surface area contributed by atoms with E-state index >= 15 is 0 Å². The highest BCUT2D eigenvalue weighted by Crippen LogP contribution is 2.22. The SMILES string of the molecule is CCN(CC)[SiH](CC[SiH3])N([SiH](CC[SiH3])N(CC)CC)[SiH](CC[SiH3])N(CC)CC. The summed E-state index contributed by atoms with van der Waals surface area (Å²) in [6.07, 6.45) is 0. The smallest absolute Gasteiger partial charge is 0.177 e. The van der Waals surface area contributed by atoms with Gasteiger partial charge in [0.05, 0.1) is 0 Å². The summed E-state index contributed by atoms with van der Waals surface area (Å²) in [7, 11) is 1.01. The van der Waals surface area contributed by atoms with Gasteiger partial charge in [-0.1, -0.05) is 59.7 Å². The van der Waals surface area contributed by atoms with Crippen molar-refractivity contribution < 1.29 is 0 Å². The summed E-state index contributed by atoms with van der Waals surface area (Å²) in [6.45, 7) is 22.2. The van der Waals surface area contributed by atoms with E-state index in [0.717, 1.165) is 0 Å². The summed E-state index contributed by atoms with van der Waals surface area (Å²) in [4.78, 5) is 0. The van der Waals surface area contributed by atoms with E-state index in [1.165, 1.54) is 88.1 Å². The Hall–Kier alpha value is 1.14. The number of rotatable bonds is 18. The van der Waals surface area contributed by atoms with Gasteiger partial charge in [-0.05, 0) is 57.4 Å². The van der Waals surface area contributed by atoms with Gasteiger partial charge < -0.3 is 17.6 Å². The zero-order chi connectivity index (χ0) is 21.5. The molecule has 0 N–H and O–H groups in total. The number of hydrogen-bond donors (Lipinski definition) is 0. The minimum atomic E-state index is -1.04. The molecule has 0 aliphatic carbocycles. The average molecular weight is 495 g/mol. The molecule has 170 valence electrons. The first-order valence-corrected chi connectivity index (χ1v) is 22.3. The van der Waals surface area contributed by atoms with E-state index < -0.39 is 27.4 Å². The summed E-state index contributed by atoms with van der Waals surface area (Å²) < 4.78 is 12.3. The fraction of sp³-hybridized carbons (Fsp3) is 1.00. The second-order valence-corrected chi connectivity index (χ2v) is 21.3. The lowest BCUT2D eigenvalue weighted by atomic mass is 10.7. The van der Waals surface area contributed by atoms with Crippen molar-refractivity contribution >= 4 is 58.1 Å². The molecule has 0 aliphatic rings. The van der Waals surface area contributed by atoms with Gasteiger partial charge in [0.15, 0.2) is 27.4 Å². The molecule has 28 heavy (non-hydrogen) atoms. The highest BCUT2D eigenvalue weighted by atomic mass is 28.4. The summed E-state index contributed by atoms with van der Waals surface area (Å²) >= 11 is 0. The van der Waals surface area contributed by atoms with Crippen LogP contribution in [0, 0.1) is 0 Å². The van der Waals surface area contributed by atoms with E-state index in [-0.39, 0.29) is 0 Å². The maximum absolute atomic E-state index is 3.43. The third-order valence-corrected chi connectivity index (χ3v) is 27.8. The van der Waals surface area contributed by atoms with Gasteiger partial charge in [0.2, 0.25) is 0 Å². The second kappa shape index (κ2) is 17.8.